The molecule has 0 saturated carbocycles. The molecule has 0 bridgehead atoms. The average Bonchev–Trinajstić information content (AvgIpc) is 3.51. The Morgan fingerprint density at radius 1 is 1.24 bits per heavy atom. The number of amides is 1. The summed E-state index contributed by atoms with van der Waals surface area (Å²) in [7, 11) is 0. The third kappa shape index (κ3) is 4.21. The Morgan fingerprint density at radius 3 is 2.67 bits per heavy atom. The minimum Gasteiger partial charge on any atom is -0.503 e. The van der Waals surface area contributed by atoms with Crippen molar-refractivity contribution in [1.82, 2.24) is 4.98 Å². The maximum absolute atomic E-state index is 13.4. The molecule has 0 fully saturated rings. The van der Waals surface area contributed by atoms with E-state index >= 15 is 0 Å². The molecular formula is C24H22N2O5S2. The van der Waals surface area contributed by atoms with Gasteiger partial charge in [0.1, 0.15) is 5.75 Å². The van der Waals surface area contributed by atoms with Gasteiger partial charge in [-0.2, -0.15) is 0 Å². The van der Waals surface area contributed by atoms with Crippen LogP contribution >= 0.6 is 22.7 Å². The highest BCUT2D eigenvalue weighted by atomic mass is 32.1. The monoisotopic (exact) mass is 482 g/mol. The number of rotatable bonds is 8. The summed E-state index contributed by atoms with van der Waals surface area (Å²) in [6.07, 6.45) is 0.827. The number of benzene rings is 1. The van der Waals surface area contributed by atoms with Crippen molar-refractivity contribution in [3.63, 3.8) is 0 Å². The maximum atomic E-state index is 13.4. The highest BCUT2D eigenvalue weighted by Crippen LogP contribution is 2.44. The zero-order chi connectivity index (χ0) is 23.7. The Labute approximate surface area is 199 Å². The second-order valence-corrected chi connectivity index (χ2v) is 9.46. The molecule has 0 radical (unpaired) electrons. The molecule has 0 saturated heterocycles. The van der Waals surface area contributed by atoms with Crippen molar-refractivity contribution in [2.45, 2.75) is 33.2 Å². The lowest BCUT2D eigenvalue weighted by atomic mass is 9.95. The van der Waals surface area contributed by atoms with Gasteiger partial charge in [-0.15, -0.1) is 11.3 Å². The quantitative estimate of drug-likeness (QED) is 0.438. The summed E-state index contributed by atoms with van der Waals surface area (Å²) in [4.78, 5) is 45.2. The summed E-state index contributed by atoms with van der Waals surface area (Å²) in [5, 5.41) is 12.8. The zero-order valence-electron chi connectivity index (χ0n) is 18.3. The first kappa shape index (κ1) is 22.9. The molecule has 9 heteroatoms. The molecule has 1 aromatic carbocycles. The van der Waals surface area contributed by atoms with Gasteiger partial charge in [0.15, 0.2) is 16.7 Å². The van der Waals surface area contributed by atoms with Gasteiger partial charge in [0.2, 0.25) is 5.78 Å². The molecule has 1 amide bonds. The van der Waals surface area contributed by atoms with Gasteiger partial charge in [0.25, 0.3) is 5.91 Å². The first-order valence-electron chi connectivity index (χ1n) is 10.4. The van der Waals surface area contributed by atoms with E-state index in [0.29, 0.717) is 33.4 Å². The fourth-order valence-corrected chi connectivity index (χ4v) is 5.36. The molecule has 4 rings (SSSR count). The lowest BCUT2D eigenvalue weighted by Crippen LogP contribution is -2.31. The van der Waals surface area contributed by atoms with Crippen LogP contribution < -0.4 is 9.64 Å². The molecule has 1 aliphatic heterocycles. The number of Topliss-reactive ketones (excluding diaryl/α,β-unsaturated/α-hetero) is 2. The number of aryl methyl sites for hydroxylation is 1. The van der Waals surface area contributed by atoms with Crippen molar-refractivity contribution in [2.75, 3.05) is 11.5 Å². The van der Waals surface area contributed by atoms with Gasteiger partial charge in [0.05, 0.1) is 33.7 Å². The fourth-order valence-electron chi connectivity index (χ4n) is 3.70. The Balaban J connectivity index is 1.86. The van der Waals surface area contributed by atoms with E-state index in [1.165, 1.54) is 23.2 Å². The number of aromatic nitrogens is 1. The number of ketones is 2. The summed E-state index contributed by atoms with van der Waals surface area (Å²) >= 11 is 2.30. The normalized spacial score (nSPS) is 15.9. The summed E-state index contributed by atoms with van der Waals surface area (Å²) in [5.41, 5.74) is 1.07. The summed E-state index contributed by atoms with van der Waals surface area (Å²) in [6.45, 7) is 5.64. The molecular weight excluding hydrogens is 460 g/mol. The molecule has 1 unspecified atom stereocenters. The number of thiazole rings is 1. The van der Waals surface area contributed by atoms with E-state index in [-0.39, 0.29) is 16.5 Å². The van der Waals surface area contributed by atoms with E-state index in [1.807, 2.05) is 6.92 Å². The summed E-state index contributed by atoms with van der Waals surface area (Å²) in [5.74, 6) is -1.35. The number of aliphatic hydroxyl groups is 1. The van der Waals surface area contributed by atoms with Crippen molar-refractivity contribution in [2.24, 2.45) is 0 Å². The van der Waals surface area contributed by atoms with Gasteiger partial charge in [-0.1, -0.05) is 36.5 Å². The number of carbonyl (C=O) groups is 3. The van der Waals surface area contributed by atoms with Crippen LogP contribution in [0, 0.1) is 6.92 Å². The Morgan fingerprint density at radius 2 is 2.03 bits per heavy atom. The Hall–Kier alpha value is -3.30. The molecule has 1 aliphatic rings. The molecule has 1 N–H and O–H groups in total. The second-order valence-electron chi connectivity index (χ2n) is 7.53. The SMILES string of the molecule is CCCOc1cccc(C2C(C(=O)c3cccs3)=C(O)C(=O)N2c2nc(C)c(C(C)=O)s2)c1. The standard InChI is InChI=1S/C24H22N2O5S2/c1-4-10-31-16-8-5-7-15(12-16)19-18(20(28)17-9-6-11-32-17)21(29)23(30)26(19)24-25-13(2)22(33-24)14(3)27/h5-9,11-12,19,29H,4,10H2,1-3H3. The molecule has 170 valence electrons. The number of thiophene rings is 1. The molecule has 7 nitrogen and oxygen atoms in total. The smallest absolute Gasteiger partial charge is 0.296 e. The van der Waals surface area contributed by atoms with E-state index in [0.717, 1.165) is 17.8 Å². The van der Waals surface area contributed by atoms with E-state index in [1.54, 1.807) is 48.7 Å². The van der Waals surface area contributed by atoms with Gasteiger partial charge in [-0.05, 0) is 42.5 Å². The van der Waals surface area contributed by atoms with Gasteiger partial charge in [-0.3, -0.25) is 19.3 Å². The number of aliphatic hydroxyl groups excluding tert-OH is 1. The molecule has 0 aliphatic carbocycles. The lowest BCUT2D eigenvalue weighted by molar-refractivity contribution is -0.117. The number of anilines is 1. The van der Waals surface area contributed by atoms with Crippen molar-refractivity contribution in [3.05, 3.63) is 74.1 Å². The van der Waals surface area contributed by atoms with Crippen LogP contribution in [0.4, 0.5) is 5.13 Å². The third-order valence-electron chi connectivity index (χ3n) is 5.16. The van der Waals surface area contributed by atoms with Crippen molar-refractivity contribution in [1.29, 1.82) is 0 Å². The Kier molecular flexibility index (Phi) is 6.44. The predicted molar refractivity (Wildman–Crippen MR) is 128 cm³/mol. The number of hydrogen-bond acceptors (Lipinski definition) is 8. The van der Waals surface area contributed by atoms with E-state index in [9.17, 15) is 19.5 Å². The number of nitrogens with zero attached hydrogens (tertiary/aromatic N) is 2. The molecule has 0 spiro atoms. The van der Waals surface area contributed by atoms with E-state index < -0.39 is 23.5 Å². The second kappa shape index (κ2) is 9.29. The molecule has 3 aromatic rings. The van der Waals surface area contributed by atoms with Gasteiger partial charge in [0, 0.05) is 6.92 Å². The van der Waals surface area contributed by atoms with E-state index in [4.69, 9.17) is 4.74 Å². The number of carbonyl (C=O) groups excluding carboxylic acids is 3. The van der Waals surface area contributed by atoms with Crippen molar-refractivity contribution >= 4 is 45.3 Å². The molecule has 3 heterocycles. The zero-order valence-corrected chi connectivity index (χ0v) is 20.0. The van der Waals surface area contributed by atoms with Crippen LogP contribution in [0.1, 0.15) is 56.9 Å². The largest absolute Gasteiger partial charge is 0.503 e. The van der Waals surface area contributed by atoms with Crippen LogP contribution in [0.25, 0.3) is 0 Å². The van der Waals surface area contributed by atoms with Crippen LogP contribution in [-0.4, -0.2) is 34.2 Å². The fraction of sp³-hybridized carbons (Fsp3) is 0.250. The van der Waals surface area contributed by atoms with Gasteiger partial charge in [-0.25, -0.2) is 4.98 Å². The highest BCUT2D eigenvalue weighted by Gasteiger charge is 2.46. The van der Waals surface area contributed by atoms with Gasteiger partial charge >= 0.3 is 0 Å². The number of hydrogen-bond donors (Lipinski definition) is 1. The molecule has 33 heavy (non-hydrogen) atoms. The first-order chi connectivity index (χ1) is 15.8. The number of ether oxygens (including phenoxy) is 1. The maximum Gasteiger partial charge on any atom is 0.296 e. The van der Waals surface area contributed by atoms with Crippen LogP contribution in [0.2, 0.25) is 0 Å². The topological polar surface area (TPSA) is 96.8 Å². The molecule has 1 atom stereocenters. The van der Waals surface area contributed by atoms with E-state index in [2.05, 4.69) is 4.98 Å². The van der Waals surface area contributed by atoms with Crippen molar-refractivity contribution in [3.8, 4) is 5.75 Å². The van der Waals surface area contributed by atoms with Crippen LogP contribution in [0.5, 0.6) is 5.75 Å². The Bertz CT molecular complexity index is 1260. The minimum atomic E-state index is -0.914. The van der Waals surface area contributed by atoms with Crippen LogP contribution in [0.3, 0.4) is 0 Å². The predicted octanol–water partition coefficient (Wildman–Crippen LogP) is 5.29. The average molecular weight is 483 g/mol. The van der Waals surface area contributed by atoms with Gasteiger partial charge < -0.3 is 9.84 Å². The highest BCUT2D eigenvalue weighted by molar-refractivity contribution is 7.17. The summed E-state index contributed by atoms with van der Waals surface area (Å²) < 4.78 is 5.75. The molecule has 2 aromatic heterocycles. The first-order valence-corrected chi connectivity index (χ1v) is 12.1. The minimum absolute atomic E-state index is 0.0210. The lowest BCUT2D eigenvalue weighted by Gasteiger charge is -2.24. The van der Waals surface area contributed by atoms with Crippen LogP contribution in [-0.2, 0) is 4.79 Å². The van der Waals surface area contributed by atoms with Crippen molar-refractivity contribution < 1.29 is 24.2 Å². The summed E-state index contributed by atoms with van der Waals surface area (Å²) in [6, 6.07) is 9.58. The third-order valence-corrected chi connectivity index (χ3v) is 7.28. The van der Waals surface area contributed by atoms with Crippen LogP contribution in [0.15, 0.2) is 53.1 Å².